The Bertz CT molecular complexity index is 963. The van der Waals surface area contributed by atoms with Crippen molar-refractivity contribution in [3.8, 4) is 0 Å². The fourth-order valence-corrected chi connectivity index (χ4v) is 5.85. The number of esters is 1. The van der Waals surface area contributed by atoms with Gasteiger partial charge in [0.1, 0.15) is 5.41 Å². The molecule has 2 heterocycles. The van der Waals surface area contributed by atoms with Crippen LogP contribution in [0, 0.1) is 0 Å². The average Bonchev–Trinajstić information content (AvgIpc) is 2.75. The number of carbonyl (C=O) groups excluding carboxylic acids is 3. The monoisotopic (exact) mass is 407 g/mol. The van der Waals surface area contributed by atoms with Gasteiger partial charge in [0, 0.05) is 17.5 Å². The van der Waals surface area contributed by atoms with E-state index in [1.54, 1.807) is 6.92 Å². The molecule has 6 heteroatoms. The number of carbonyl (C=O) groups is 3. The fourth-order valence-electron chi connectivity index (χ4n) is 4.21. The van der Waals surface area contributed by atoms with Gasteiger partial charge in [-0.1, -0.05) is 60.7 Å². The Labute approximate surface area is 173 Å². The minimum atomic E-state index is -1.30. The number of hydrogen-bond acceptors (Lipinski definition) is 5. The molecule has 0 aromatic heterocycles. The van der Waals surface area contributed by atoms with Crippen LogP contribution in [-0.2, 0) is 24.5 Å². The fraction of sp³-hybridized carbons (Fsp3) is 0.261. The third-order valence-electron chi connectivity index (χ3n) is 5.53. The van der Waals surface area contributed by atoms with Crippen molar-refractivity contribution in [2.75, 3.05) is 12.4 Å². The molecule has 1 saturated heterocycles. The Balaban J connectivity index is 2.01. The smallest absolute Gasteiger partial charge is 0.345 e. The Morgan fingerprint density at radius 1 is 1.03 bits per heavy atom. The van der Waals surface area contributed by atoms with Gasteiger partial charge < -0.3 is 4.74 Å². The summed E-state index contributed by atoms with van der Waals surface area (Å²) in [7, 11) is 0. The van der Waals surface area contributed by atoms with Crippen molar-refractivity contribution in [3.63, 3.8) is 0 Å². The Hall–Kier alpha value is -2.86. The van der Waals surface area contributed by atoms with Crippen LogP contribution in [-0.4, -0.2) is 39.8 Å². The Morgan fingerprint density at radius 3 is 2.07 bits per heavy atom. The van der Waals surface area contributed by atoms with Gasteiger partial charge in [0.05, 0.1) is 6.61 Å². The molecule has 0 N–H and O–H groups in total. The van der Waals surface area contributed by atoms with Gasteiger partial charge in [-0.2, -0.15) is 0 Å². The minimum Gasteiger partial charge on any atom is -0.464 e. The molecular weight excluding hydrogens is 386 g/mol. The van der Waals surface area contributed by atoms with Gasteiger partial charge in [0.15, 0.2) is 5.78 Å². The van der Waals surface area contributed by atoms with E-state index in [1.807, 2.05) is 60.7 Å². The van der Waals surface area contributed by atoms with Crippen molar-refractivity contribution in [1.29, 1.82) is 0 Å². The van der Waals surface area contributed by atoms with E-state index in [-0.39, 0.29) is 18.3 Å². The topological polar surface area (TPSA) is 63.7 Å². The zero-order chi connectivity index (χ0) is 20.6. The third-order valence-corrected chi connectivity index (χ3v) is 7.07. The highest BCUT2D eigenvalue weighted by Gasteiger charge is 2.78. The summed E-state index contributed by atoms with van der Waals surface area (Å²) in [5, 5.41) is 0. The standard InChI is InChI=1S/C23H21NO4S/c1-3-28-21(27)23-22(18-10-6-4-7-11-18,19-12-8-5-9-13-19)20(26)24(23)14-17(15-29-23)16(2)25/h4-14H,3,15H2,1-2H3. The molecule has 4 rings (SSSR count). The Morgan fingerprint density at radius 2 is 1.59 bits per heavy atom. The van der Waals surface area contributed by atoms with Crippen molar-refractivity contribution in [1.82, 2.24) is 4.90 Å². The summed E-state index contributed by atoms with van der Waals surface area (Å²) >= 11 is 1.29. The van der Waals surface area contributed by atoms with E-state index in [9.17, 15) is 14.4 Å². The zero-order valence-electron chi connectivity index (χ0n) is 16.3. The van der Waals surface area contributed by atoms with Gasteiger partial charge in [0.2, 0.25) is 10.8 Å². The highest BCUT2D eigenvalue weighted by molar-refractivity contribution is 8.01. The second-order valence-corrected chi connectivity index (χ2v) is 8.19. The van der Waals surface area contributed by atoms with Crippen LogP contribution in [0.5, 0.6) is 0 Å². The summed E-state index contributed by atoms with van der Waals surface area (Å²) in [6.45, 7) is 3.41. The summed E-state index contributed by atoms with van der Waals surface area (Å²) in [6.07, 6.45) is 1.53. The Kier molecular flexibility index (Phi) is 4.82. The van der Waals surface area contributed by atoms with E-state index in [0.29, 0.717) is 11.3 Å². The van der Waals surface area contributed by atoms with Crippen LogP contribution in [0.1, 0.15) is 25.0 Å². The molecule has 0 radical (unpaired) electrons. The molecule has 2 aliphatic rings. The van der Waals surface area contributed by atoms with Crippen LogP contribution in [0.3, 0.4) is 0 Å². The average molecular weight is 407 g/mol. The first kappa shape index (κ1) is 19.5. The molecule has 0 saturated carbocycles. The molecule has 1 amide bonds. The van der Waals surface area contributed by atoms with E-state index in [2.05, 4.69) is 0 Å². The molecule has 2 aliphatic heterocycles. The van der Waals surface area contributed by atoms with Gasteiger partial charge in [-0.05, 0) is 25.0 Å². The van der Waals surface area contributed by atoms with Gasteiger partial charge in [-0.15, -0.1) is 11.8 Å². The number of ether oxygens (including phenoxy) is 1. The maximum atomic E-state index is 13.7. The van der Waals surface area contributed by atoms with Crippen molar-refractivity contribution in [2.45, 2.75) is 24.1 Å². The molecule has 2 aromatic rings. The number of benzene rings is 2. The van der Waals surface area contributed by atoms with Crippen molar-refractivity contribution < 1.29 is 19.1 Å². The predicted octanol–water partition coefficient (Wildman–Crippen LogP) is 3.29. The lowest BCUT2D eigenvalue weighted by molar-refractivity contribution is -0.175. The van der Waals surface area contributed by atoms with Crippen molar-refractivity contribution in [3.05, 3.63) is 83.6 Å². The van der Waals surface area contributed by atoms with Crippen molar-refractivity contribution in [2.24, 2.45) is 0 Å². The second kappa shape index (κ2) is 7.19. The van der Waals surface area contributed by atoms with E-state index in [4.69, 9.17) is 4.74 Å². The number of β-lactam (4-membered cyclic amide) rings is 1. The lowest BCUT2D eigenvalue weighted by Gasteiger charge is -2.62. The molecule has 1 unspecified atom stereocenters. The largest absolute Gasteiger partial charge is 0.464 e. The zero-order valence-corrected chi connectivity index (χ0v) is 17.1. The number of ketones is 1. The number of nitrogens with zero attached hydrogens (tertiary/aromatic N) is 1. The van der Waals surface area contributed by atoms with E-state index in [1.165, 1.54) is 29.8 Å². The molecule has 0 bridgehead atoms. The van der Waals surface area contributed by atoms with Crippen LogP contribution in [0.25, 0.3) is 0 Å². The second-order valence-electron chi connectivity index (χ2n) is 7.02. The van der Waals surface area contributed by atoms with E-state index < -0.39 is 16.3 Å². The number of amides is 1. The highest BCUT2D eigenvalue weighted by Crippen LogP contribution is 2.62. The predicted molar refractivity (Wildman–Crippen MR) is 111 cm³/mol. The molecule has 5 nitrogen and oxygen atoms in total. The highest BCUT2D eigenvalue weighted by atomic mass is 32.2. The van der Waals surface area contributed by atoms with Crippen LogP contribution >= 0.6 is 11.8 Å². The molecule has 29 heavy (non-hydrogen) atoms. The van der Waals surface area contributed by atoms with Gasteiger partial charge in [-0.3, -0.25) is 14.5 Å². The van der Waals surface area contributed by atoms with Gasteiger partial charge >= 0.3 is 5.97 Å². The molecule has 148 valence electrons. The first-order valence-electron chi connectivity index (χ1n) is 9.47. The molecule has 2 aromatic carbocycles. The van der Waals surface area contributed by atoms with Crippen LogP contribution in [0.15, 0.2) is 72.4 Å². The normalized spacial score (nSPS) is 22.2. The molecule has 0 spiro atoms. The first-order valence-corrected chi connectivity index (χ1v) is 10.5. The number of thioether (sulfide) groups is 1. The van der Waals surface area contributed by atoms with Crippen LogP contribution in [0.4, 0.5) is 0 Å². The molecular formula is C23H21NO4S. The summed E-state index contributed by atoms with van der Waals surface area (Å²) in [4.78, 5) is 39.2. The summed E-state index contributed by atoms with van der Waals surface area (Å²) in [6, 6.07) is 18.7. The van der Waals surface area contributed by atoms with E-state index >= 15 is 0 Å². The number of rotatable bonds is 5. The van der Waals surface area contributed by atoms with Gasteiger partial charge in [0.25, 0.3) is 0 Å². The maximum Gasteiger partial charge on any atom is 0.345 e. The molecule has 1 fully saturated rings. The maximum absolute atomic E-state index is 13.7. The SMILES string of the molecule is CCOC(=O)C12SCC(C(C)=O)=CN1C(=O)C2(c1ccccc1)c1ccccc1. The quantitative estimate of drug-likeness (QED) is 0.562. The lowest BCUT2D eigenvalue weighted by atomic mass is 9.61. The minimum absolute atomic E-state index is 0.111. The van der Waals surface area contributed by atoms with Crippen molar-refractivity contribution >= 4 is 29.4 Å². The van der Waals surface area contributed by atoms with Crippen LogP contribution < -0.4 is 0 Å². The summed E-state index contributed by atoms with van der Waals surface area (Å²) in [5.41, 5.74) is 0.740. The number of hydrogen-bond donors (Lipinski definition) is 0. The van der Waals surface area contributed by atoms with Gasteiger partial charge in [-0.25, -0.2) is 4.79 Å². The lowest BCUT2D eigenvalue weighted by Crippen LogP contribution is -2.81. The molecule has 0 aliphatic carbocycles. The molecule has 1 atom stereocenters. The van der Waals surface area contributed by atoms with E-state index in [0.717, 1.165) is 11.1 Å². The van der Waals surface area contributed by atoms with Crippen LogP contribution in [0.2, 0.25) is 0 Å². The first-order chi connectivity index (χ1) is 14.0. The number of Topliss-reactive ketones (excluding diaryl/α,β-unsaturated/α-hetero) is 1. The summed E-state index contributed by atoms with van der Waals surface area (Å²) in [5.74, 6) is -0.496. The summed E-state index contributed by atoms with van der Waals surface area (Å²) < 4.78 is 5.48. The third kappa shape index (κ3) is 2.52. The number of fused-ring (bicyclic) bond motifs is 1.